The molecule has 8 N–H and O–H groups in total. The highest BCUT2D eigenvalue weighted by Crippen LogP contribution is 2.41. The van der Waals surface area contributed by atoms with Gasteiger partial charge in [0.15, 0.2) is 12.4 Å². The maximum absolute atomic E-state index is 12.1. The highest BCUT2D eigenvalue weighted by atomic mass is 16.7. The van der Waals surface area contributed by atoms with Gasteiger partial charge in [0, 0.05) is 6.61 Å². The van der Waals surface area contributed by atoms with Crippen molar-refractivity contribution >= 4 is 12.0 Å². The van der Waals surface area contributed by atoms with E-state index in [2.05, 4.69) is 5.32 Å². The summed E-state index contributed by atoms with van der Waals surface area (Å²) >= 11 is 0. The zero-order valence-electron chi connectivity index (χ0n) is 23.6. The monoisotopic (exact) mass is 564 g/mol. The van der Waals surface area contributed by atoms with Gasteiger partial charge in [0.1, 0.15) is 36.6 Å². The first-order valence-corrected chi connectivity index (χ1v) is 13.9. The quantitative estimate of drug-likeness (QED) is 0.150. The van der Waals surface area contributed by atoms with Crippen LogP contribution < -0.4 is 11.1 Å². The first kappa shape index (κ1) is 33.6. The third-order valence-electron chi connectivity index (χ3n) is 7.96. The number of aliphatic hydroxyl groups is 4. The number of aliphatic carboxylic acids is 1. The van der Waals surface area contributed by atoms with Crippen LogP contribution in [0.2, 0.25) is 0 Å². The number of carbonyl (C=O) groups excluding carboxylic acids is 1. The van der Waals surface area contributed by atoms with Gasteiger partial charge < -0.3 is 55.5 Å². The molecule has 2 fully saturated rings. The number of hydrogen-bond acceptors (Lipinski definition) is 10. The van der Waals surface area contributed by atoms with Crippen molar-refractivity contribution in [3.63, 3.8) is 0 Å². The Balaban J connectivity index is 2.38. The van der Waals surface area contributed by atoms with E-state index in [1.54, 1.807) is 0 Å². The number of nitrogens with one attached hydrogen (secondary N) is 1. The van der Waals surface area contributed by atoms with Crippen LogP contribution in [0.3, 0.4) is 0 Å². The smallest absolute Gasteiger partial charge is 0.335 e. The lowest BCUT2D eigenvalue weighted by Gasteiger charge is -2.52. The maximum atomic E-state index is 12.1. The average Bonchev–Trinajstić information content (AvgIpc) is 2.87. The van der Waals surface area contributed by atoms with Crippen LogP contribution in [0.1, 0.15) is 66.7 Å². The predicted octanol–water partition coefficient (Wildman–Crippen LogP) is 0.0982. The van der Waals surface area contributed by atoms with Crippen molar-refractivity contribution in [1.29, 1.82) is 0 Å². The van der Waals surface area contributed by atoms with Crippen LogP contribution in [0, 0.1) is 11.3 Å². The Kier molecular flexibility index (Phi) is 12.8. The third-order valence-corrected chi connectivity index (χ3v) is 7.96. The van der Waals surface area contributed by atoms with Crippen LogP contribution in [0.4, 0.5) is 4.79 Å². The number of primary amides is 1. The van der Waals surface area contributed by atoms with E-state index in [4.69, 9.17) is 24.7 Å². The normalized spacial score (nSPS) is 37.6. The van der Waals surface area contributed by atoms with Gasteiger partial charge in [-0.1, -0.05) is 47.5 Å². The van der Waals surface area contributed by atoms with Gasteiger partial charge in [0.25, 0.3) is 0 Å². The highest BCUT2D eigenvalue weighted by molar-refractivity contribution is 5.73. The summed E-state index contributed by atoms with van der Waals surface area (Å²) in [5.74, 6) is -1.35. The van der Waals surface area contributed by atoms with E-state index in [0.717, 1.165) is 19.3 Å². The Labute approximate surface area is 229 Å². The molecule has 2 saturated heterocycles. The Morgan fingerprint density at radius 2 is 1.72 bits per heavy atom. The number of carboxylic acid groups (broad SMARTS) is 1. The fraction of sp³-hybridized carbons (Fsp3) is 0.923. The molecule has 2 rings (SSSR count). The van der Waals surface area contributed by atoms with Crippen molar-refractivity contribution in [2.24, 2.45) is 17.1 Å². The summed E-state index contributed by atoms with van der Waals surface area (Å²) in [5, 5.41) is 55.1. The van der Waals surface area contributed by atoms with E-state index in [1.807, 2.05) is 34.6 Å². The summed E-state index contributed by atoms with van der Waals surface area (Å²) in [6.07, 6.45) is -9.21. The van der Waals surface area contributed by atoms with Gasteiger partial charge in [0.2, 0.25) is 0 Å². The third kappa shape index (κ3) is 8.00. The molecule has 8 unspecified atom stereocenters. The van der Waals surface area contributed by atoms with Crippen molar-refractivity contribution in [2.75, 3.05) is 13.2 Å². The maximum Gasteiger partial charge on any atom is 0.335 e. The standard InChI is InChI=1S/C26H48N2O11/c1-6-9-13(4)12-36-20-17(31)18(32)24(39-21(20)23(33)34)38-19-15(28-25(27)35)22(26(5,8-3)10-7-2)37-14(11-29)16(19)30/h13-22,24,29-32H,6-12H2,1-5H3,(H,33,34)(H3,27,28,35)/t13?,14?,15?,16-,17?,18?,19?,20+,21?,22?,24-,26+/m1/s1. The number of amides is 2. The van der Waals surface area contributed by atoms with Crippen LogP contribution in [-0.4, -0.2) is 112 Å². The van der Waals surface area contributed by atoms with Crippen LogP contribution in [0.15, 0.2) is 0 Å². The molecule has 0 aromatic heterocycles. The second-order valence-corrected chi connectivity index (χ2v) is 11.1. The predicted molar refractivity (Wildman–Crippen MR) is 139 cm³/mol. The van der Waals surface area contributed by atoms with E-state index in [9.17, 15) is 35.1 Å². The molecule has 39 heavy (non-hydrogen) atoms. The first-order valence-electron chi connectivity index (χ1n) is 13.9. The minimum atomic E-state index is -1.75. The summed E-state index contributed by atoms with van der Waals surface area (Å²) < 4.78 is 23.3. The fourth-order valence-corrected chi connectivity index (χ4v) is 5.62. The van der Waals surface area contributed by atoms with Crippen molar-refractivity contribution in [3.05, 3.63) is 0 Å². The lowest BCUT2D eigenvalue weighted by Crippen LogP contribution is -2.70. The summed E-state index contributed by atoms with van der Waals surface area (Å²) in [6.45, 7) is 9.37. The number of hydrogen-bond donors (Lipinski definition) is 7. The van der Waals surface area contributed by atoms with Gasteiger partial charge in [-0.2, -0.15) is 0 Å². The molecule has 13 heteroatoms. The molecule has 0 spiro atoms. The largest absolute Gasteiger partial charge is 0.479 e. The molecule has 2 aliphatic heterocycles. The van der Waals surface area contributed by atoms with Gasteiger partial charge in [-0.15, -0.1) is 0 Å². The summed E-state index contributed by atoms with van der Waals surface area (Å²) in [6, 6.07) is -1.98. The molecule has 2 heterocycles. The molecule has 0 aliphatic carbocycles. The molecule has 0 saturated carbocycles. The second kappa shape index (κ2) is 14.9. The molecule has 12 atom stereocenters. The molecular weight excluding hydrogens is 516 g/mol. The van der Waals surface area contributed by atoms with Gasteiger partial charge in [-0.3, -0.25) is 0 Å². The zero-order chi connectivity index (χ0) is 29.5. The molecule has 228 valence electrons. The highest BCUT2D eigenvalue weighted by Gasteiger charge is 2.55. The summed E-state index contributed by atoms with van der Waals surface area (Å²) in [4.78, 5) is 24.1. The molecule has 13 nitrogen and oxygen atoms in total. The van der Waals surface area contributed by atoms with Crippen molar-refractivity contribution in [1.82, 2.24) is 5.32 Å². The topological polar surface area (TPSA) is 210 Å². The molecule has 0 radical (unpaired) electrons. The van der Waals surface area contributed by atoms with E-state index in [0.29, 0.717) is 12.8 Å². The lowest BCUT2D eigenvalue weighted by molar-refractivity contribution is -0.333. The number of rotatable bonds is 14. The number of carbonyl (C=O) groups is 2. The van der Waals surface area contributed by atoms with Gasteiger partial charge in [-0.25, -0.2) is 9.59 Å². The molecule has 0 aromatic rings. The second-order valence-electron chi connectivity index (χ2n) is 11.1. The Bertz CT molecular complexity index is 789. The lowest BCUT2D eigenvalue weighted by atomic mass is 9.71. The Hall–Kier alpha value is -1.58. The van der Waals surface area contributed by atoms with Crippen LogP contribution in [-0.2, 0) is 23.7 Å². The van der Waals surface area contributed by atoms with E-state index >= 15 is 0 Å². The number of nitrogens with two attached hydrogens (primary N) is 1. The number of aliphatic hydroxyl groups excluding tert-OH is 4. The number of urea groups is 1. The molecule has 0 bridgehead atoms. The summed E-state index contributed by atoms with van der Waals surface area (Å²) in [7, 11) is 0. The van der Waals surface area contributed by atoms with Crippen LogP contribution in [0.25, 0.3) is 0 Å². The van der Waals surface area contributed by atoms with Gasteiger partial charge in [-0.05, 0) is 30.6 Å². The minimum absolute atomic E-state index is 0.0872. The van der Waals surface area contributed by atoms with Gasteiger partial charge in [0.05, 0.1) is 18.8 Å². The average molecular weight is 565 g/mol. The first-order chi connectivity index (χ1) is 18.3. The Morgan fingerprint density at radius 1 is 1.05 bits per heavy atom. The van der Waals surface area contributed by atoms with Crippen molar-refractivity contribution in [3.8, 4) is 0 Å². The van der Waals surface area contributed by atoms with Crippen molar-refractivity contribution in [2.45, 2.75) is 128 Å². The van der Waals surface area contributed by atoms with Crippen LogP contribution in [0.5, 0.6) is 0 Å². The molecule has 2 aliphatic rings. The summed E-state index contributed by atoms with van der Waals surface area (Å²) in [5.41, 5.74) is 4.91. The van der Waals surface area contributed by atoms with Crippen molar-refractivity contribution < 1.29 is 54.1 Å². The van der Waals surface area contributed by atoms with E-state index in [-0.39, 0.29) is 12.5 Å². The molecular formula is C26H48N2O11. The Morgan fingerprint density at radius 3 is 2.23 bits per heavy atom. The van der Waals surface area contributed by atoms with E-state index in [1.165, 1.54) is 0 Å². The molecule has 2 amide bonds. The zero-order valence-corrected chi connectivity index (χ0v) is 23.6. The number of carboxylic acids is 1. The fourth-order valence-electron chi connectivity index (χ4n) is 5.62. The van der Waals surface area contributed by atoms with Gasteiger partial charge >= 0.3 is 12.0 Å². The van der Waals surface area contributed by atoms with E-state index < -0.39 is 85.2 Å². The van der Waals surface area contributed by atoms with Crippen LogP contribution >= 0.6 is 0 Å². The number of ether oxygens (including phenoxy) is 4. The SMILES string of the molecule is CCCC(C)CO[C@@H]1C(C(=O)O)O[C@@H](OC2C(NC(N)=O)C([C@@](C)(CC)CCC)OC(CO)[C@H]2O)C(O)C1O. The minimum Gasteiger partial charge on any atom is -0.479 e. The molecule has 0 aromatic carbocycles.